The Kier molecular flexibility index (Phi) is 7.84. The first-order valence-corrected chi connectivity index (χ1v) is 16.1. The van der Waals surface area contributed by atoms with Crippen LogP contribution >= 0.6 is 0 Å². The zero-order chi connectivity index (χ0) is 29.2. The summed E-state index contributed by atoms with van der Waals surface area (Å²) >= 11 is 0. The molecule has 5 aromatic rings. The topological polar surface area (TPSA) is 96.0 Å². The lowest BCUT2D eigenvalue weighted by Crippen LogP contribution is -2.43. The Labute approximate surface area is 247 Å². The van der Waals surface area contributed by atoms with Crippen molar-refractivity contribution in [1.29, 1.82) is 0 Å². The molecule has 0 amide bonds. The quantitative estimate of drug-likeness (QED) is 0.167. The zero-order valence-corrected chi connectivity index (χ0v) is 24.9. The molecule has 7 nitrogen and oxygen atoms in total. The highest BCUT2D eigenvalue weighted by atomic mass is 32.2. The van der Waals surface area contributed by atoms with Crippen LogP contribution in [0, 0.1) is 11.8 Å². The van der Waals surface area contributed by atoms with E-state index >= 15 is 0 Å². The Morgan fingerprint density at radius 3 is 2.21 bits per heavy atom. The Bertz CT molecular complexity index is 1790. The van der Waals surface area contributed by atoms with Gasteiger partial charge in [-0.25, -0.2) is 18.1 Å². The highest BCUT2D eigenvalue weighted by molar-refractivity contribution is 7.89. The molecule has 4 aromatic carbocycles. The monoisotopic (exact) mass is 579 g/mol. The molecule has 1 fully saturated rings. The van der Waals surface area contributed by atoms with Crippen molar-refractivity contribution in [2.75, 3.05) is 17.2 Å². The number of rotatable bonds is 9. The summed E-state index contributed by atoms with van der Waals surface area (Å²) in [6.45, 7) is 4.88. The maximum atomic E-state index is 13.2. The van der Waals surface area contributed by atoms with Crippen LogP contribution in [0.4, 0.5) is 17.5 Å². The number of sulfonamides is 1. The van der Waals surface area contributed by atoms with Gasteiger partial charge in [-0.15, -0.1) is 0 Å². The number of hydrogen-bond donors (Lipinski definition) is 3. The lowest BCUT2D eigenvalue weighted by atomic mass is 9.73. The van der Waals surface area contributed by atoms with Gasteiger partial charge in [0.2, 0.25) is 16.0 Å². The van der Waals surface area contributed by atoms with Crippen LogP contribution in [0.5, 0.6) is 0 Å². The average Bonchev–Trinajstić information content (AvgIpc) is 3.00. The standard InChI is InChI=1S/C34H37N5O2S/c1-34(2,39-33-37-30-17-9-8-16-29(30)32(38-33)36-27-13-4-3-5-14-27)26-21-19-24(20-22-26)23-35-42(40,41)31-18-10-12-25-11-6-7-15-28(25)31/h3-18,24,26,35H,19-23H2,1-2H3,(H2,36,37,38,39). The molecule has 0 aliphatic heterocycles. The summed E-state index contributed by atoms with van der Waals surface area (Å²) in [6, 6.07) is 31.1. The molecule has 8 heteroatoms. The van der Waals surface area contributed by atoms with E-state index in [4.69, 9.17) is 9.97 Å². The maximum Gasteiger partial charge on any atom is 0.241 e. The number of para-hydroxylation sites is 2. The van der Waals surface area contributed by atoms with Gasteiger partial charge >= 0.3 is 0 Å². The molecule has 3 N–H and O–H groups in total. The zero-order valence-electron chi connectivity index (χ0n) is 24.0. The highest BCUT2D eigenvalue weighted by Crippen LogP contribution is 2.37. The molecule has 1 heterocycles. The molecular formula is C34H37N5O2S. The molecule has 1 aliphatic rings. The molecule has 6 rings (SSSR count). The van der Waals surface area contributed by atoms with Crippen molar-refractivity contribution in [2.45, 2.75) is 50.0 Å². The fraction of sp³-hybridized carbons (Fsp3) is 0.294. The molecule has 0 unspecified atom stereocenters. The summed E-state index contributed by atoms with van der Waals surface area (Å²) < 4.78 is 29.3. The Balaban J connectivity index is 1.10. The van der Waals surface area contributed by atoms with Gasteiger partial charge in [-0.05, 0) is 87.1 Å². The second-order valence-corrected chi connectivity index (χ2v) is 13.5. The van der Waals surface area contributed by atoms with Gasteiger partial charge in [0.05, 0.1) is 10.4 Å². The summed E-state index contributed by atoms with van der Waals surface area (Å²) in [5.74, 6) is 2.08. The lowest BCUT2D eigenvalue weighted by Gasteiger charge is -2.40. The van der Waals surface area contributed by atoms with Crippen LogP contribution in [0.1, 0.15) is 39.5 Å². The van der Waals surface area contributed by atoms with Gasteiger partial charge in [0.15, 0.2) is 0 Å². The average molecular weight is 580 g/mol. The van der Waals surface area contributed by atoms with Gasteiger partial charge < -0.3 is 10.6 Å². The highest BCUT2D eigenvalue weighted by Gasteiger charge is 2.34. The molecule has 0 bridgehead atoms. The van der Waals surface area contributed by atoms with Gasteiger partial charge in [-0.2, -0.15) is 4.98 Å². The number of benzene rings is 4. The minimum Gasteiger partial charge on any atom is -0.349 e. The number of hydrogen-bond acceptors (Lipinski definition) is 6. The van der Waals surface area contributed by atoms with Gasteiger partial charge in [0.1, 0.15) is 5.82 Å². The predicted octanol–water partition coefficient (Wildman–Crippen LogP) is 7.50. The third-order valence-corrected chi connectivity index (χ3v) is 10.0. The fourth-order valence-electron chi connectivity index (χ4n) is 6.10. The summed E-state index contributed by atoms with van der Waals surface area (Å²) in [4.78, 5) is 10.1. The SMILES string of the molecule is CC(C)(Nc1nc(Nc2ccccc2)c2ccccc2n1)C1CCC(CNS(=O)(=O)c2cccc3ccccc23)CC1. The molecule has 0 atom stereocenters. The number of fused-ring (bicyclic) bond motifs is 2. The first-order chi connectivity index (χ1) is 20.3. The minimum absolute atomic E-state index is 0.236. The lowest BCUT2D eigenvalue weighted by molar-refractivity contribution is 0.211. The van der Waals surface area contributed by atoms with Gasteiger partial charge in [0, 0.05) is 28.5 Å². The molecule has 1 aromatic heterocycles. The molecule has 42 heavy (non-hydrogen) atoms. The first kappa shape index (κ1) is 28.1. The van der Waals surface area contributed by atoms with Crippen LogP contribution in [-0.2, 0) is 10.0 Å². The third-order valence-electron chi connectivity index (χ3n) is 8.54. The second-order valence-electron chi connectivity index (χ2n) is 11.8. The maximum absolute atomic E-state index is 13.2. The number of anilines is 3. The molecule has 1 aliphatic carbocycles. The van der Waals surface area contributed by atoms with Gasteiger partial charge in [-0.1, -0.05) is 66.7 Å². The van der Waals surface area contributed by atoms with Crippen molar-refractivity contribution in [2.24, 2.45) is 11.8 Å². The Morgan fingerprint density at radius 1 is 0.762 bits per heavy atom. The van der Waals surface area contributed by atoms with Crippen LogP contribution in [0.3, 0.4) is 0 Å². The molecule has 0 spiro atoms. The van der Waals surface area contributed by atoms with Crippen molar-refractivity contribution in [1.82, 2.24) is 14.7 Å². The van der Waals surface area contributed by atoms with Crippen molar-refractivity contribution >= 4 is 49.2 Å². The number of aromatic nitrogens is 2. The smallest absolute Gasteiger partial charge is 0.241 e. The predicted molar refractivity (Wildman–Crippen MR) is 172 cm³/mol. The molecule has 0 saturated heterocycles. The molecule has 216 valence electrons. The fourth-order valence-corrected chi connectivity index (χ4v) is 7.44. The summed E-state index contributed by atoms with van der Waals surface area (Å²) in [5.41, 5.74) is 1.62. The van der Waals surface area contributed by atoms with Crippen LogP contribution < -0.4 is 15.4 Å². The number of nitrogens with zero attached hydrogens (tertiary/aromatic N) is 2. The van der Waals surface area contributed by atoms with E-state index in [0.29, 0.717) is 29.2 Å². The van der Waals surface area contributed by atoms with E-state index in [-0.39, 0.29) is 5.54 Å². The van der Waals surface area contributed by atoms with Crippen molar-refractivity contribution in [3.05, 3.63) is 97.1 Å². The van der Waals surface area contributed by atoms with E-state index in [1.54, 1.807) is 12.1 Å². The summed E-state index contributed by atoms with van der Waals surface area (Å²) in [5, 5.41) is 9.75. The first-order valence-electron chi connectivity index (χ1n) is 14.6. The second kappa shape index (κ2) is 11.7. The Morgan fingerprint density at radius 2 is 1.43 bits per heavy atom. The van der Waals surface area contributed by atoms with E-state index in [0.717, 1.165) is 58.9 Å². The largest absolute Gasteiger partial charge is 0.349 e. The van der Waals surface area contributed by atoms with E-state index in [1.165, 1.54) is 0 Å². The minimum atomic E-state index is -3.60. The molecular weight excluding hydrogens is 542 g/mol. The van der Waals surface area contributed by atoms with Crippen LogP contribution in [-0.4, -0.2) is 30.5 Å². The van der Waals surface area contributed by atoms with E-state index in [9.17, 15) is 8.42 Å². The Hall–Kier alpha value is -4.01. The summed E-state index contributed by atoms with van der Waals surface area (Å²) in [7, 11) is -3.60. The van der Waals surface area contributed by atoms with E-state index in [1.807, 2.05) is 84.9 Å². The molecule has 1 saturated carbocycles. The number of nitrogens with one attached hydrogen (secondary N) is 3. The van der Waals surface area contributed by atoms with Crippen LogP contribution in [0.2, 0.25) is 0 Å². The third kappa shape index (κ3) is 6.10. The van der Waals surface area contributed by atoms with Crippen molar-refractivity contribution in [3.63, 3.8) is 0 Å². The normalized spacial score (nSPS) is 17.8. The van der Waals surface area contributed by atoms with Gasteiger partial charge in [-0.3, -0.25) is 0 Å². The van der Waals surface area contributed by atoms with E-state index in [2.05, 4.69) is 29.2 Å². The van der Waals surface area contributed by atoms with Crippen LogP contribution in [0.25, 0.3) is 21.7 Å². The van der Waals surface area contributed by atoms with Gasteiger partial charge in [0.25, 0.3) is 0 Å². The van der Waals surface area contributed by atoms with E-state index < -0.39 is 10.0 Å². The van der Waals surface area contributed by atoms with Crippen LogP contribution in [0.15, 0.2) is 102 Å². The van der Waals surface area contributed by atoms with Crippen molar-refractivity contribution in [3.8, 4) is 0 Å². The summed E-state index contributed by atoms with van der Waals surface area (Å²) in [6.07, 6.45) is 3.94. The molecule has 0 radical (unpaired) electrons. The van der Waals surface area contributed by atoms with Crippen molar-refractivity contribution < 1.29 is 8.42 Å².